The van der Waals surface area contributed by atoms with E-state index in [-0.39, 0.29) is 0 Å². The Morgan fingerprint density at radius 1 is 1.50 bits per heavy atom. The van der Waals surface area contributed by atoms with Gasteiger partial charge in [-0.15, -0.1) is 6.58 Å². The zero-order valence-electron chi connectivity index (χ0n) is 14.4. The van der Waals surface area contributed by atoms with Crippen molar-refractivity contribution in [2.45, 2.75) is 51.7 Å². The average molecular weight is 301 g/mol. The zero-order chi connectivity index (χ0) is 15.9. The van der Waals surface area contributed by atoms with Gasteiger partial charge in [0.05, 0.1) is 0 Å². The van der Waals surface area contributed by atoms with Crippen LogP contribution in [-0.4, -0.2) is 32.2 Å². The highest BCUT2D eigenvalue weighted by molar-refractivity contribution is 5.58. The quantitative estimate of drug-likeness (QED) is 0.723. The Balaban J connectivity index is 2.31. The number of hydrogen-bond acceptors (Lipinski definition) is 3. The van der Waals surface area contributed by atoms with Gasteiger partial charge in [0, 0.05) is 37.4 Å². The van der Waals surface area contributed by atoms with Gasteiger partial charge in [-0.1, -0.05) is 25.1 Å². The molecular weight excluding hydrogens is 270 g/mol. The minimum absolute atomic E-state index is 0.501. The molecule has 0 spiro atoms. The van der Waals surface area contributed by atoms with Crippen molar-refractivity contribution in [3.05, 3.63) is 42.0 Å². The van der Waals surface area contributed by atoms with E-state index < -0.39 is 0 Å². The third-order valence-corrected chi connectivity index (χ3v) is 4.54. The van der Waals surface area contributed by atoms with Gasteiger partial charge in [-0.25, -0.2) is 0 Å². The minimum atomic E-state index is 0.501. The fourth-order valence-electron chi connectivity index (χ4n) is 3.44. The van der Waals surface area contributed by atoms with E-state index in [1.54, 1.807) is 0 Å². The Bertz CT molecular complexity index is 484. The van der Waals surface area contributed by atoms with Gasteiger partial charge >= 0.3 is 0 Å². The molecule has 0 amide bonds. The summed E-state index contributed by atoms with van der Waals surface area (Å²) < 4.78 is 0. The first-order valence-corrected chi connectivity index (χ1v) is 8.57. The van der Waals surface area contributed by atoms with E-state index in [0.717, 1.165) is 32.5 Å². The smallest absolute Gasteiger partial charge is 0.0405 e. The van der Waals surface area contributed by atoms with Crippen LogP contribution in [0.5, 0.6) is 0 Å². The Hall–Kier alpha value is -1.32. The summed E-state index contributed by atoms with van der Waals surface area (Å²) in [5.41, 5.74) is 4.42. The lowest BCUT2D eigenvalue weighted by molar-refractivity contribution is 0.461. The van der Waals surface area contributed by atoms with Crippen LogP contribution in [-0.2, 0) is 13.0 Å². The van der Waals surface area contributed by atoms with Crippen molar-refractivity contribution < 1.29 is 0 Å². The van der Waals surface area contributed by atoms with Crippen molar-refractivity contribution in [1.82, 2.24) is 10.6 Å². The Labute approximate surface area is 135 Å². The number of fused-ring (bicyclic) bond motifs is 1. The highest BCUT2D eigenvalue weighted by atomic mass is 15.2. The van der Waals surface area contributed by atoms with Gasteiger partial charge in [0.25, 0.3) is 0 Å². The summed E-state index contributed by atoms with van der Waals surface area (Å²) in [6.07, 6.45) is 5.34. The molecular formula is C19H31N3. The van der Waals surface area contributed by atoms with Crippen molar-refractivity contribution in [1.29, 1.82) is 0 Å². The molecule has 0 bridgehead atoms. The second-order valence-electron chi connectivity index (χ2n) is 6.32. The van der Waals surface area contributed by atoms with Crippen molar-refractivity contribution in [2.24, 2.45) is 0 Å². The van der Waals surface area contributed by atoms with Gasteiger partial charge in [-0.3, -0.25) is 0 Å². The lowest BCUT2D eigenvalue weighted by atomic mass is 9.93. The lowest BCUT2D eigenvalue weighted by Crippen LogP contribution is -2.43. The van der Waals surface area contributed by atoms with Crippen LogP contribution in [0, 0.1) is 0 Å². The van der Waals surface area contributed by atoms with Crippen molar-refractivity contribution in [2.75, 3.05) is 25.0 Å². The molecule has 122 valence electrons. The van der Waals surface area contributed by atoms with Gasteiger partial charge in [-0.2, -0.15) is 0 Å². The maximum atomic E-state index is 3.92. The molecule has 2 unspecified atom stereocenters. The summed E-state index contributed by atoms with van der Waals surface area (Å²) in [5, 5.41) is 6.93. The third-order valence-electron chi connectivity index (χ3n) is 4.54. The average Bonchev–Trinajstić information content (AvgIpc) is 2.53. The van der Waals surface area contributed by atoms with Crippen LogP contribution in [0.3, 0.4) is 0 Å². The van der Waals surface area contributed by atoms with Crippen LogP contribution in [0.1, 0.15) is 37.8 Å². The molecule has 3 nitrogen and oxygen atoms in total. The first kappa shape index (κ1) is 17.0. The number of nitrogens with one attached hydrogen (secondary N) is 2. The molecule has 0 aliphatic carbocycles. The molecule has 0 fully saturated rings. The highest BCUT2D eigenvalue weighted by Gasteiger charge is 2.23. The molecule has 1 aromatic carbocycles. The third kappa shape index (κ3) is 3.90. The molecule has 3 heteroatoms. The van der Waals surface area contributed by atoms with Gasteiger partial charge in [0.2, 0.25) is 0 Å². The number of nitrogens with zero attached hydrogens (tertiary/aromatic N) is 1. The van der Waals surface area contributed by atoms with Crippen molar-refractivity contribution in [3.63, 3.8) is 0 Å². The van der Waals surface area contributed by atoms with Crippen LogP contribution < -0.4 is 15.5 Å². The largest absolute Gasteiger partial charge is 0.368 e. The molecule has 2 rings (SSSR count). The molecule has 0 saturated carbocycles. The molecule has 0 aromatic heterocycles. The highest BCUT2D eigenvalue weighted by Crippen LogP contribution is 2.30. The van der Waals surface area contributed by atoms with E-state index in [1.807, 2.05) is 13.1 Å². The standard InChI is InChI=1S/C19H31N3/c1-5-8-15(3)22(11-6-2)19-10-7-9-16-13-21-17(14-20-4)12-18(16)19/h5,7,9-10,15,17,20-21H,1,6,8,11-14H2,2-4H3. The van der Waals surface area contributed by atoms with E-state index in [2.05, 4.69) is 54.2 Å². The number of likely N-dealkylation sites (N-methyl/N-ethyl adjacent to an activating group) is 1. The summed E-state index contributed by atoms with van der Waals surface area (Å²) in [4.78, 5) is 2.57. The zero-order valence-corrected chi connectivity index (χ0v) is 14.4. The normalized spacial score (nSPS) is 18.6. The predicted octanol–water partition coefficient (Wildman–Crippen LogP) is 3.10. The molecule has 0 radical (unpaired) electrons. The van der Waals surface area contributed by atoms with E-state index in [1.165, 1.54) is 23.2 Å². The van der Waals surface area contributed by atoms with Crippen LogP contribution >= 0.6 is 0 Å². The van der Waals surface area contributed by atoms with Crippen molar-refractivity contribution in [3.8, 4) is 0 Å². The number of anilines is 1. The maximum absolute atomic E-state index is 3.92. The van der Waals surface area contributed by atoms with E-state index in [9.17, 15) is 0 Å². The number of rotatable bonds is 8. The fraction of sp³-hybridized carbons (Fsp3) is 0.579. The Morgan fingerprint density at radius 2 is 2.32 bits per heavy atom. The van der Waals surface area contributed by atoms with E-state index in [0.29, 0.717) is 12.1 Å². The van der Waals surface area contributed by atoms with E-state index in [4.69, 9.17) is 0 Å². The summed E-state index contributed by atoms with van der Waals surface area (Å²) in [6, 6.07) is 7.80. The molecule has 1 aliphatic heterocycles. The summed E-state index contributed by atoms with van der Waals surface area (Å²) >= 11 is 0. The van der Waals surface area contributed by atoms with Crippen LogP contribution in [0.4, 0.5) is 5.69 Å². The van der Waals surface area contributed by atoms with Gasteiger partial charge < -0.3 is 15.5 Å². The Morgan fingerprint density at radius 3 is 3.00 bits per heavy atom. The minimum Gasteiger partial charge on any atom is -0.368 e. The molecule has 1 aromatic rings. The first-order chi connectivity index (χ1) is 10.7. The maximum Gasteiger partial charge on any atom is 0.0405 e. The molecule has 22 heavy (non-hydrogen) atoms. The molecule has 1 aliphatic rings. The molecule has 0 saturated heterocycles. The fourth-order valence-corrected chi connectivity index (χ4v) is 3.44. The van der Waals surface area contributed by atoms with Gasteiger partial charge in [-0.05, 0) is 50.4 Å². The van der Waals surface area contributed by atoms with Gasteiger partial charge in [0.1, 0.15) is 0 Å². The van der Waals surface area contributed by atoms with Crippen LogP contribution in [0.2, 0.25) is 0 Å². The van der Waals surface area contributed by atoms with Gasteiger partial charge in [0.15, 0.2) is 0 Å². The predicted molar refractivity (Wildman–Crippen MR) is 96.6 cm³/mol. The molecule has 2 atom stereocenters. The lowest BCUT2D eigenvalue weighted by Gasteiger charge is -2.36. The first-order valence-electron chi connectivity index (χ1n) is 8.57. The topological polar surface area (TPSA) is 27.3 Å². The SMILES string of the molecule is C=CCC(C)N(CCC)c1cccc2c1CC(CNC)NC2. The van der Waals surface area contributed by atoms with Crippen LogP contribution in [0.15, 0.2) is 30.9 Å². The van der Waals surface area contributed by atoms with E-state index >= 15 is 0 Å². The summed E-state index contributed by atoms with van der Waals surface area (Å²) in [7, 11) is 2.03. The van der Waals surface area contributed by atoms with Crippen LogP contribution in [0.25, 0.3) is 0 Å². The van der Waals surface area contributed by atoms with Crippen molar-refractivity contribution >= 4 is 5.69 Å². The number of benzene rings is 1. The monoisotopic (exact) mass is 301 g/mol. The summed E-state index contributed by atoms with van der Waals surface area (Å²) in [6.45, 7) is 11.6. The Kier molecular flexibility index (Phi) is 6.47. The second kappa shape index (κ2) is 8.35. The summed E-state index contributed by atoms with van der Waals surface area (Å²) in [5.74, 6) is 0. The molecule has 1 heterocycles. The second-order valence-corrected chi connectivity index (χ2v) is 6.32. The number of hydrogen-bond donors (Lipinski definition) is 2. The molecule has 2 N–H and O–H groups in total.